The maximum atomic E-state index is 14.1. The third kappa shape index (κ3) is 5.28. The number of rotatable bonds is 7. The molecule has 1 atom stereocenters. The molecule has 2 heterocycles. The summed E-state index contributed by atoms with van der Waals surface area (Å²) < 4.78 is 9.90. The Bertz CT molecular complexity index is 1270. The first-order valence-corrected chi connectivity index (χ1v) is 12.8. The maximum absolute atomic E-state index is 14.1. The molecule has 4 rings (SSSR count). The zero-order chi connectivity index (χ0) is 26.0. The minimum Gasteiger partial charge on any atom is -0.464 e. The first-order chi connectivity index (χ1) is 17.2. The van der Waals surface area contributed by atoms with E-state index in [0.29, 0.717) is 17.2 Å². The van der Waals surface area contributed by atoms with Crippen molar-refractivity contribution in [2.45, 2.75) is 65.0 Å². The van der Waals surface area contributed by atoms with Gasteiger partial charge in [0.25, 0.3) is 17.7 Å². The quantitative estimate of drug-likeness (QED) is 0.436. The Labute approximate surface area is 214 Å². The largest absolute Gasteiger partial charge is 0.464 e. The number of furan rings is 1. The molecule has 1 unspecified atom stereocenters. The van der Waals surface area contributed by atoms with Crippen molar-refractivity contribution in [1.82, 2.24) is 9.69 Å². The third-order valence-electron chi connectivity index (χ3n) is 6.35. The number of aromatic nitrogens is 1. The Balaban J connectivity index is 1.85. The Hall–Kier alpha value is -3.66. The summed E-state index contributed by atoms with van der Waals surface area (Å²) in [5.74, 6) is -0.801. The van der Waals surface area contributed by atoms with E-state index in [0.717, 1.165) is 54.8 Å². The van der Waals surface area contributed by atoms with Gasteiger partial charge in [0.2, 0.25) is 0 Å². The fourth-order valence-corrected chi connectivity index (χ4v) is 5.46. The van der Waals surface area contributed by atoms with E-state index in [9.17, 15) is 14.4 Å². The average molecular weight is 510 g/mol. The molecule has 5 N–H and O–H groups in total. The number of nitrogens with zero attached hydrogens (tertiary/aromatic N) is 2. The van der Waals surface area contributed by atoms with Gasteiger partial charge in [0.1, 0.15) is 16.4 Å². The lowest BCUT2D eigenvalue weighted by Gasteiger charge is -2.32. The van der Waals surface area contributed by atoms with Crippen molar-refractivity contribution in [3.63, 3.8) is 0 Å². The smallest absolute Gasteiger partial charge is 0.273 e. The van der Waals surface area contributed by atoms with Crippen molar-refractivity contribution >= 4 is 40.6 Å². The van der Waals surface area contributed by atoms with Crippen molar-refractivity contribution in [3.8, 4) is 0 Å². The van der Waals surface area contributed by atoms with Crippen LogP contribution in [-0.4, -0.2) is 28.1 Å². The molecule has 3 aromatic rings. The third-order valence-corrected chi connectivity index (χ3v) is 7.20. The van der Waals surface area contributed by atoms with Gasteiger partial charge in [-0.05, 0) is 80.5 Å². The summed E-state index contributed by atoms with van der Waals surface area (Å²) in [6.45, 7) is 5.61. The number of nitrogen functional groups attached to an aromatic ring is 1. The number of amides is 3. The van der Waals surface area contributed by atoms with Crippen LogP contribution in [0.4, 0.5) is 11.4 Å². The highest BCUT2D eigenvalue weighted by Gasteiger charge is 2.38. The predicted molar refractivity (Wildman–Crippen MR) is 139 cm³/mol. The molecular formula is C26H31N5O4S. The minimum atomic E-state index is -1.10. The fraction of sp³-hybridized carbons (Fsp3) is 0.385. The Morgan fingerprint density at radius 2 is 1.75 bits per heavy atom. The van der Waals surface area contributed by atoms with Crippen LogP contribution in [0.25, 0.3) is 0 Å². The van der Waals surface area contributed by atoms with E-state index in [1.54, 1.807) is 19.1 Å². The molecule has 0 spiro atoms. The molecule has 36 heavy (non-hydrogen) atoms. The van der Waals surface area contributed by atoms with Gasteiger partial charge in [-0.15, -0.1) is 0 Å². The molecule has 1 aliphatic rings. The number of hydrogen-bond acceptors (Lipinski definition) is 7. The van der Waals surface area contributed by atoms with Gasteiger partial charge in [0.05, 0.1) is 5.69 Å². The van der Waals surface area contributed by atoms with Crippen LogP contribution in [0, 0.1) is 20.8 Å². The highest BCUT2D eigenvalue weighted by atomic mass is 32.1. The molecule has 190 valence electrons. The SMILES string of the molecule is Cc1cc(C)cc(N(C(=O)c2snc(C(N)=O)c2N)C(C(=O)NC2CCCCC2)c2ccc(C)o2)c1. The van der Waals surface area contributed by atoms with Crippen LogP contribution in [0.5, 0.6) is 0 Å². The minimum absolute atomic E-state index is 0.0240. The van der Waals surface area contributed by atoms with E-state index in [1.807, 2.05) is 32.0 Å². The number of aryl methyl sites for hydroxylation is 3. The van der Waals surface area contributed by atoms with Crippen LogP contribution >= 0.6 is 11.5 Å². The van der Waals surface area contributed by atoms with E-state index in [-0.39, 0.29) is 28.2 Å². The van der Waals surface area contributed by atoms with Gasteiger partial charge in [0, 0.05) is 11.7 Å². The second-order valence-electron chi connectivity index (χ2n) is 9.35. The van der Waals surface area contributed by atoms with Gasteiger partial charge >= 0.3 is 0 Å². The highest BCUT2D eigenvalue weighted by Crippen LogP contribution is 2.35. The fourth-order valence-electron chi connectivity index (χ4n) is 4.71. The maximum Gasteiger partial charge on any atom is 0.273 e. The molecule has 0 radical (unpaired) electrons. The van der Waals surface area contributed by atoms with Gasteiger partial charge in [-0.2, -0.15) is 4.37 Å². The van der Waals surface area contributed by atoms with E-state index in [1.165, 1.54) is 4.90 Å². The Morgan fingerprint density at radius 3 is 2.31 bits per heavy atom. The van der Waals surface area contributed by atoms with Crippen LogP contribution in [0.15, 0.2) is 34.7 Å². The molecule has 10 heteroatoms. The molecule has 2 aromatic heterocycles. The summed E-state index contributed by atoms with van der Waals surface area (Å²) in [4.78, 5) is 41.1. The normalized spacial score (nSPS) is 14.9. The molecule has 1 aliphatic carbocycles. The van der Waals surface area contributed by atoms with Crippen molar-refractivity contribution in [3.05, 3.63) is 63.6 Å². The number of nitrogens with two attached hydrogens (primary N) is 2. The number of nitrogens with one attached hydrogen (secondary N) is 1. The molecule has 1 aromatic carbocycles. The van der Waals surface area contributed by atoms with Crippen molar-refractivity contribution in [2.24, 2.45) is 5.73 Å². The van der Waals surface area contributed by atoms with Gasteiger partial charge < -0.3 is 21.2 Å². The number of benzene rings is 1. The summed E-state index contributed by atoms with van der Waals surface area (Å²) >= 11 is 0.780. The molecular weight excluding hydrogens is 478 g/mol. The molecule has 3 amide bonds. The molecule has 0 bridgehead atoms. The van der Waals surface area contributed by atoms with Gasteiger partial charge in [-0.1, -0.05) is 25.3 Å². The first kappa shape index (κ1) is 25.4. The number of primary amides is 1. The summed E-state index contributed by atoms with van der Waals surface area (Å²) in [7, 11) is 0. The summed E-state index contributed by atoms with van der Waals surface area (Å²) in [6.07, 6.45) is 5.01. The van der Waals surface area contributed by atoms with Crippen LogP contribution in [0.1, 0.15) is 81.0 Å². The van der Waals surface area contributed by atoms with Crippen LogP contribution in [-0.2, 0) is 4.79 Å². The second kappa shape index (κ2) is 10.5. The lowest BCUT2D eigenvalue weighted by molar-refractivity contribution is -0.123. The molecule has 9 nitrogen and oxygen atoms in total. The lowest BCUT2D eigenvalue weighted by atomic mass is 9.95. The summed E-state index contributed by atoms with van der Waals surface area (Å²) in [6, 6.07) is 8.01. The summed E-state index contributed by atoms with van der Waals surface area (Å²) in [5.41, 5.74) is 13.6. The van der Waals surface area contributed by atoms with E-state index >= 15 is 0 Å². The highest BCUT2D eigenvalue weighted by molar-refractivity contribution is 7.09. The summed E-state index contributed by atoms with van der Waals surface area (Å²) in [5, 5.41) is 3.14. The van der Waals surface area contributed by atoms with Gasteiger partial charge in [-0.3, -0.25) is 19.3 Å². The first-order valence-electron chi connectivity index (χ1n) is 12.0. The number of hydrogen-bond donors (Lipinski definition) is 3. The van der Waals surface area contributed by atoms with Gasteiger partial charge in [0.15, 0.2) is 11.7 Å². The molecule has 0 saturated heterocycles. The average Bonchev–Trinajstić information content (AvgIpc) is 3.42. The van der Waals surface area contributed by atoms with Crippen LogP contribution in [0.2, 0.25) is 0 Å². The zero-order valence-corrected chi connectivity index (χ0v) is 21.5. The Morgan fingerprint density at radius 1 is 1.08 bits per heavy atom. The molecule has 0 aliphatic heterocycles. The van der Waals surface area contributed by atoms with E-state index in [2.05, 4.69) is 9.69 Å². The van der Waals surface area contributed by atoms with Crippen molar-refractivity contribution in [2.75, 3.05) is 10.6 Å². The van der Waals surface area contributed by atoms with Gasteiger partial charge in [-0.25, -0.2) is 0 Å². The number of carbonyl (C=O) groups is 3. The Kier molecular flexibility index (Phi) is 7.44. The molecule has 1 fully saturated rings. The number of anilines is 2. The van der Waals surface area contributed by atoms with E-state index in [4.69, 9.17) is 15.9 Å². The van der Waals surface area contributed by atoms with Crippen molar-refractivity contribution in [1.29, 1.82) is 0 Å². The van der Waals surface area contributed by atoms with E-state index < -0.39 is 17.9 Å². The van der Waals surface area contributed by atoms with Crippen LogP contribution < -0.4 is 21.7 Å². The van der Waals surface area contributed by atoms with Crippen LogP contribution in [0.3, 0.4) is 0 Å². The standard InChI is InChI=1S/C26H31N5O4S/c1-14-11-15(2)13-18(12-14)31(26(34)23-20(27)21(24(28)32)30-36-23)22(19-10-9-16(3)35-19)25(33)29-17-7-5-4-6-8-17/h9-13,17,22H,4-8,27H2,1-3H3,(H2,28,32)(H,29,33). The predicted octanol–water partition coefficient (Wildman–Crippen LogP) is 4.18. The van der Waals surface area contributed by atoms with Crippen molar-refractivity contribution < 1.29 is 18.8 Å². The number of carbonyl (C=O) groups excluding carboxylic acids is 3. The zero-order valence-electron chi connectivity index (χ0n) is 20.7. The second-order valence-corrected chi connectivity index (χ2v) is 10.1. The lowest BCUT2D eigenvalue weighted by Crippen LogP contribution is -2.47. The topological polar surface area (TPSA) is 145 Å². The molecule has 1 saturated carbocycles. The monoisotopic (exact) mass is 509 g/mol.